The number of hydrogen-bond acceptors (Lipinski definition) is 8. The van der Waals surface area contributed by atoms with E-state index >= 15 is 0 Å². The lowest BCUT2D eigenvalue weighted by Gasteiger charge is -2.44. The number of rotatable bonds is 12. The Labute approximate surface area is 191 Å². The number of thiol groups is 1. The van der Waals surface area contributed by atoms with Crippen molar-refractivity contribution in [2.75, 3.05) is 25.4 Å². The Morgan fingerprint density at radius 3 is 2.47 bits per heavy atom. The molecule has 0 aromatic carbocycles. The van der Waals surface area contributed by atoms with Gasteiger partial charge in [0.15, 0.2) is 5.70 Å². The summed E-state index contributed by atoms with van der Waals surface area (Å²) < 4.78 is 5.67. The molecule has 0 radical (unpaired) electrons. The highest BCUT2D eigenvalue weighted by molar-refractivity contribution is 7.80. The molecule has 0 aliphatic carbocycles. The van der Waals surface area contributed by atoms with Crippen LogP contribution in [0.2, 0.25) is 0 Å². The van der Waals surface area contributed by atoms with Crippen molar-refractivity contribution in [2.45, 2.75) is 51.9 Å². The van der Waals surface area contributed by atoms with Gasteiger partial charge in [-0.05, 0) is 6.92 Å². The fourth-order valence-electron chi connectivity index (χ4n) is 3.75. The zero-order chi connectivity index (χ0) is 24.2. The number of carbonyl (C=O) groups excluding carboxylic acids is 3. The number of ether oxygens (including phenoxy) is 1. The monoisotopic (exact) mass is 473 g/mol. The Morgan fingerprint density at radius 1 is 1.25 bits per heavy atom. The van der Waals surface area contributed by atoms with E-state index in [0.717, 1.165) is 4.90 Å². The van der Waals surface area contributed by atoms with E-state index in [1.807, 2.05) is 0 Å². The standard InChI is InChI=1S/C20H31N3O8S/c1-10(24)14-11-8-12(15(19(29)30)23(11)18(14)28)31-9-20(2,3)16(26)17(27)22-5-4-13(25)21-6-7-32/h10-11,14,16,24,26,32H,4-9H2,1-3H3,(H,21,25)(H,22,27)(H,29,30). The summed E-state index contributed by atoms with van der Waals surface area (Å²) in [5.41, 5.74) is -1.38. The first kappa shape index (κ1) is 25.9. The van der Waals surface area contributed by atoms with Gasteiger partial charge in [-0.2, -0.15) is 12.6 Å². The maximum absolute atomic E-state index is 12.3. The highest BCUT2D eigenvalue weighted by Crippen LogP contribution is 2.44. The number of carboxylic acid groups (broad SMARTS) is 1. The molecular weight excluding hydrogens is 442 g/mol. The first-order chi connectivity index (χ1) is 14.9. The Bertz CT molecular complexity index is 798. The topological polar surface area (TPSA) is 166 Å². The molecule has 1 saturated heterocycles. The molecule has 0 aromatic rings. The molecule has 2 aliphatic heterocycles. The van der Waals surface area contributed by atoms with Crippen molar-refractivity contribution in [1.82, 2.24) is 15.5 Å². The number of nitrogens with one attached hydrogen (secondary N) is 2. The third kappa shape index (κ3) is 5.54. The molecule has 0 saturated carbocycles. The van der Waals surface area contributed by atoms with Gasteiger partial charge in [-0.3, -0.25) is 19.3 Å². The molecule has 4 unspecified atom stereocenters. The van der Waals surface area contributed by atoms with Crippen molar-refractivity contribution in [3.8, 4) is 0 Å². The summed E-state index contributed by atoms with van der Waals surface area (Å²) in [6.45, 7) is 4.89. The molecule has 4 atom stereocenters. The van der Waals surface area contributed by atoms with Crippen LogP contribution in [0.4, 0.5) is 0 Å². The largest absolute Gasteiger partial charge is 0.495 e. The number of carbonyl (C=O) groups is 4. The summed E-state index contributed by atoms with van der Waals surface area (Å²) in [7, 11) is 0. The van der Waals surface area contributed by atoms with E-state index in [9.17, 15) is 34.5 Å². The van der Waals surface area contributed by atoms with Crippen molar-refractivity contribution in [3.05, 3.63) is 11.5 Å². The summed E-state index contributed by atoms with van der Waals surface area (Å²) in [4.78, 5) is 48.9. The van der Waals surface area contributed by atoms with Crippen LogP contribution in [0.15, 0.2) is 11.5 Å². The van der Waals surface area contributed by atoms with Crippen molar-refractivity contribution >= 4 is 36.3 Å². The third-order valence-corrected chi connectivity index (χ3v) is 5.81. The van der Waals surface area contributed by atoms with Gasteiger partial charge in [0.1, 0.15) is 11.9 Å². The van der Waals surface area contributed by atoms with Crippen LogP contribution in [0.3, 0.4) is 0 Å². The van der Waals surface area contributed by atoms with Crippen LogP contribution in [0.25, 0.3) is 0 Å². The molecule has 0 bridgehead atoms. The van der Waals surface area contributed by atoms with E-state index in [1.165, 1.54) is 6.92 Å². The summed E-state index contributed by atoms with van der Waals surface area (Å²) in [6.07, 6.45) is -2.22. The van der Waals surface area contributed by atoms with Crippen molar-refractivity contribution in [2.24, 2.45) is 11.3 Å². The maximum atomic E-state index is 12.3. The maximum Gasteiger partial charge on any atom is 0.356 e. The average molecular weight is 474 g/mol. The van der Waals surface area contributed by atoms with Gasteiger partial charge in [0.05, 0.1) is 24.7 Å². The molecule has 11 nitrogen and oxygen atoms in total. The number of aliphatic hydroxyl groups is 2. The Balaban J connectivity index is 1.94. The van der Waals surface area contributed by atoms with Gasteiger partial charge in [0.2, 0.25) is 17.7 Å². The Hall–Kier alpha value is -2.31. The molecule has 12 heteroatoms. The fraction of sp³-hybridized carbons (Fsp3) is 0.700. The number of β-lactam (4-membered cyclic amide) rings is 1. The molecule has 1 fully saturated rings. The molecule has 0 spiro atoms. The number of amides is 3. The van der Waals surface area contributed by atoms with Crippen LogP contribution in [-0.4, -0.2) is 87.6 Å². The third-order valence-electron chi connectivity index (χ3n) is 5.58. The number of fused-ring (bicyclic) bond motifs is 1. The van der Waals surface area contributed by atoms with E-state index in [2.05, 4.69) is 23.3 Å². The summed E-state index contributed by atoms with van der Waals surface area (Å²) in [5.74, 6) is -2.86. The molecule has 0 aromatic heterocycles. The zero-order valence-corrected chi connectivity index (χ0v) is 19.2. The summed E-state index contributed by atoms with van der Waals surface area (Å²) in [6, 6.07) is -0.492. The SMILES string of the molecule is CC(O)C1C(=O)N2C(C(=O)O)=C(OCC(C)(C)C(O)C(=O)NCCC(=O)NCCS)CC12. The fourth-order valence-corrected chi connectivity index (χ4v) is 3.86. The van der Waals surface area contributed by atoms with Gasteiger partial charge in [-0.1, -0.05) is 13.8 Å². The Kier molecular flexibility index (Phi) is 8.54. The Morgan fingerprint density at radius 2 is 1.91 bits per heavy atom. The van der Waals surface area contributed by atoms with E-state index in [4.69, 9.17) is 4.74 Å². The van der Waals surface area contributed by atoms with Crippen LogP contribution in [-0.2, 0) is 23.9 Å². The average Bonchev–Trinajstić information content (AvgIpc) is 3.04. The van der Waals surface area contributed by atoms with Crippen molar-refractivity contribution in [1.29, 1.82) is 0 Å². The molecule has 5 N–H and O–H groups in total. The molecule has 3 amide bonds. The number of hydrogen-bond donors (Lipinski definition) is 6. The van der Waals surface area contributed by atoms with Crippen LogP contribution in [0.5, 0.6) is 0 Å². The molecule has 32 heavy (non-hydrogen) atoms. The van der Waals surface area contributed by atoms with Crippen LogP contribution < -0.4 is 10.6 Å². The molecular formula is C20H31N3O8S. The van der Waals surface area contributed by atoms with Gasteiger partial charge in [0.25, 0.3) is 0 Å². The number of aliphatic hydroxyl groups excluding tert-OH is 2. The van der Waals surface area contributed by atoms with Crippen molar-refractivity contribution < 1.29 is 39.2 Å². The number of aliphatic carboxylic acids is 1. The normalized spacial score (nSPS) is 22.1. The van der Waals surface area contributed by atoms with Gasteiger partial charge in [-0.25, -0.2) is 4.79 Å². The molecule has 180 valence electrons. The van der Waals surface area contributed by atoms with E-state index in [-0.39, 0.29) is 43.4 Å². The van der Waals surface area contributed by atoms with Gasteiger partial charge < -0.3 is 30.7 Å². The summed E-state index contributed by atoms with van der Waals surface area (Å²) in [5, 5.41) is 34.8. The zero-order valence-electron chi connectivity index (χ0n) is 18.3. The first-order valence-corrected chi connectivity index (χ1v) is 11.0. The van der Waals surface area contributed by atoms with Gasteiger partial charge in [-0.15, -0.1) is 0 Å². The smallest absolute Gasteiger partial charge is 0.356 e. The van der Waals surface area contributed by atoms with Crippen LogP contribution in [0, 0.1) is 11.3 Å². The first-order valence-electron chi connectivity index (χ1n) is 10.4. The number of carboxylic acids is 1. The van der Waals surface area contributed by atoms with Crippen molar-refractivity contribution in [3.63, 3.8) is 0 Å². The van der Waals surface area contributed by atoms with Crippen LogP contribution in [0.1, 0.15) is 33.6 Å². The van der Waals surface area contributed by atoms with E-state index < -0.39 is 47.4 Å². The molecule has 2 aliphatic rings. The minimum Gasteiger partial charge on any atom is -0.495 e. The molecule has 2 rings (SSSR count). The lowest BCUT2D eigenvalue weighted by molar-refractivity contribution is -0.161. The second-order valence-electron chi connectivity index (χ2n) is 8.62. The quantitative estimate of drug-likeness (QED) is 0.153. The minimum absolute atomic E-state index is 0.0407. The van der Waals surface area contributed by atoms with Gasteiger partial charge in [0, 0.05) is 37.1 Å². The second-order valence-corrected chi connectivity index (χ2v) is 9.06. The molecule has 2 heterocycles. The predicted molar refractivity (Wildman–Crippen MR) is 115 cm³/mol. The second kappa shape index (κ2) is 10.5. The van der Waals surface area contributed by atoms with Crippen LogP contribution >= 0.6 is 12.6 Å². The summed E-state index contributed by atoms with van der Waals surface area (Å²) >= 11 is 3.98. The highest BCUT2D eigenvalue weighted by Gasteiger charge is 2.57. The number of nitrogens with zero attached hydrogens (tertiary/aromatic N) is 1. The lowest BCUT2D eigenvalue weighted by atomic mass is 9.83. The minimum atomic E-state index is -1.48. The van der Waals surface area contributed by atoms with E-state index in [0.29, 0.717) is 12.3 Å². The predicted octanol–water partition coefficient (Wildman–Crippen LogP) is -1.15. The lowest BCUT2D eigenvalue weighted by Crippen LogP contribution is -2.61. The highest BCUT2D eigenvalue weighted by atomic mass is 32.1. The van der Waals surface area contributed by atoms with E-state index in [1.54, 1.807) is 13.8 Å². The van der Waals surface area contributed by atoms with Gasteiger partial charge >= 0.3 is 5.97 Å².